The second-order valence-electron chi connectivity index (χ2n) is 5.29. The maximum atomic E-state index is 14.0. The SMILES string of the molecule is CC(C)(O)c1ccc(CNC(=O)c2cccnc2)c(F)c1. The number of aromatic nitrogens is 1. The second kappa shape index (κ2) is 6.01. The monoisotopic (exact) mass is 288 g/mol. The summed E-state index contributed by atoms with van der Waals surface area (Å²) in [6.45, 7) is 3.25. The predicted octanol–water partition coefficient (Wildman–Crippen LogP) is 2.38. The normalized spacial score (nSPS) is 11.2. The summed E-state index contributed by atoms with van der Waals surface area (Å²) in [6.07, 6.45) is 3.02. The molecule has 1 aromatic carbocycles. The Hall–Kier alpha value is -2.27. The van der Waals surface area contributed by atoms with Crippen LogP contribution in [0.2, 0.25) is 0 Å². The van der Waals surface area contributed by atoms with Gasteiger partial charge in [0.1, 0.15) is 5.82 Å². The zero-order valence-electron chi connectivity index (χ0n) is 11.9. The fourth-order valence-electron chi connectivity index (χ4n) is 1.85. The number of carbonyl (C=O) groups is 1. The molecule has 21 heavy (non-hydrogen) atoms. The molecule has 0 aliphatic heterocycles. The van der Waals surface area contributed by atoms with Crippen LogP contribution in [-0.2, 0) is 12.1 Å². The van der Waals surface area contributed by atoms with E-state index >= 15 is 0 Å². The van der Waals surface area contributed by atoms with Crippen molar-refractivity contribution in [2.45, 2.75) is 26.0 Å². The minimum atomic E-state index is -1.10. The largest absolute Gasteiger partial charge is 0.386 e. The highest BCUT2D eigenvalue weighted by atomic mass is 19.1. The van der Waals surface area contributed by atoms with Crippen molar-refractivity contribution in [2.75, 3.05) is 0 Å². The topological polar surface area (TPSA) is 62.2 Å². The first-order chi connectivity index (χ1) is 9.88. The Labute approximate surface area is 122 Å². The minimum Gasteiger partial charge on any atom is -0.386 e. The third-order valence-corrected chi connectivity index (χ3v) is 3.12. The van der Waals surface area contributed by atoms with Crippen molar-refractivity contribution in [1.29, 1.82) is 0 Å². The first kappa shape index (κ1) is 15.1. The van der Waals surface area contributed by atoms with Gasteiger partial charge in [-0.15, -0.1) is 0 Å². The summed E-state index contributed by atoms with van der Waals surface area (Å²) >= 11 is 0. The van der Waals surface area contributed by atoms with Gasteiger partial charge in [-0.1, -0.05) is 12.1 Å². The molecule has 0 aliphatic carbocycles. The van der Waals surface area contributed by atoms with E-state index in [0.29, 0.717) is 16.7 Å². The quantitative estimate of drug-likeness (QED) is 0.908. The maximum absolute atomic E-state index is 14.0. The number of nitrogens with one attached hydrogen (secondary N) is 1. The van der Waals surface area contributed by atoms with Gasteiger partial charge in [0.05, 0.1) is 11.2 Å². The number of halogens is 1. The van der Waals surface area contributed by atoms with Gasteiger partial charge in [0.25, 0.3) is 5.91 Å². The molecule has 0 unspecified atom stereocenters. The zero-order valence-corrected chi connectivity index (χ0v) is 11.9. The summed E-state index contributed by atoms with van der Waals surface area (Å²) in [4.78, 5) is 15.7. The Morgan fingerprint density at radius 3 is 2.71 bits per heavy atom. The Morgan fingerprint density at radius 2 is 2.14 bits per heavy atom. The van der Waals surface area contributed by atoms with Crippen LogP contribution in [0.5, 0.6) is 0 Å². The van der Waals surface area contributed by atoms with Crippen molar-refractivity contribution in [3.05, 3.63) is 65.2 Å². The average Bonchev–Trinajstić information content (AvgIpc) is 2.45. The molecule has 2 aromatic rings. The molecule has 4 nitrogen and oxygen atoms in total. The highest BCUT2D eigenvalue weighted by Gasteiger charge is 2.17. The van der Waals surface area contributed by atoms with E-state index in [9.17, 15) is 14.3 Å². The number of rotatable bonds is 4. The molecule has 0 atom stereocenters. The van der Waals surface area contributed by atoms with Gasteiger partial charge in [0, 0.05) is 24.5 Å². The van der Waals surface area contributed by atoms with Gasteiger partial charge in [-0.2, -0.15) is 0 Å². The van der Waals surface area contributed by atoms with Crippen LogP contribution < -0.4 is 5.32 Å². The van der Waals surface area contributed by atoms with Crippen LogP contribution in [0.3, 0.4) is 0 Å². The number of pyridine rings is 1. The molecule has 1 amide bonds. The molecule has 110 valence electrons. The Kier molecular flexibility index (Phi) is 4.33. The van der Waals surface area contributed by atoms with Gasteiger partial charge in [-0.05, 0) is 37.6 Å². The van der Waals surface area contributed by atoms with Gasteiger partial charge >= 0.3 is 0 Å². The molecular formula is C16H17FN2O2. The number of nitrogens with zero attached hydrogens (tertiary/aromatic N) is 1. The first-order valence-corrected chi connectivity index (χ1v) is 6.57. The molecule has 0 saturated heterocycles. The third-order valence-electron chi connectivity index (χ3n) is 3.12. The highest BCUT2D eigenvalue weighted by Crippen LogP contribution is 2.21. The number of hydrogen-bond acceptors (Lipinski definition) is 3. The van der Waals surface area contributed by atoms with Crippen LogP contribution >= 0.6 is 0 Å². The second-order valence-corrected chi connectivity index (χ2v) is 5.29. The molecule has 5 heteroatoms. The van der Waals surface area contributed by atoms with Crippen molar-refractivity contribution in [1.82, 2.24) is 10.3 Å². The summed E-state index contributed by atoms with van der Waals surface area (Å²) in [5, 5.41) is 12.5. The average molecular weight is 288 g/mol. The summed E-state index contributed by atoms with van der Waals surface area (Å²) in [6, 6.07) is 7.79. The molecule has 1 aromatic heterocycles. The fourth-order valence-corrected chi connectivity index (χ4v) is 1.85. The maximum Gasteiger partial charge on any atom is 0.253 e. The Bertz CT molecular complexity index is 636. The predicted molar refractivity (Wildman–Crippen MR) is 77.1 cm³/mol. The van der Waals surface area contributed by atoms with E-state index in [1.54, 1.807) is 44.3 Å². The van der Waals surface area contributed by atoms with E-state index in [0.717, 1.165) is 0 Å². The Balaban J connectivity index is 2.06. The molecule has 0 aliphatic rings. The number of amides is 1. The van der Waals surface area contributed by atoms with E-state index in [1.165, 1.54) is 12.3 Å². The summed E-state index contributed by atoms with van der Waals surface area (Å²) in [5.41, 5.74) is 0.173. The molecule has 2 N–H and O–H groups in total. The number of benzene rings is 1. The molecule has 1 heterocycles. The van der Waals surface area contributed by atoms with Crippen LogP contribution in [-0.4, -0.2) is 16.0 Å². The smallest absolute Gasteiger partial charge is 0.253 e. The zero-order chi connectivity index (χ0) is 15.5. The van der Waals surface area contributed by atoms with E-state index < -0.39 is 11.4 Å². The third kappa shape index (κ3) is 3.86. The lowest BCUT2D eigenvalue weighted by molar-refractivity contribution is 0.0781. The van der Waals surface area contributed by atoms with E-state index in [1.807, 2.05) is 0 Å². The van der Waals surface area contributed by atoms with Gasteiger partial charge in [-0.3, -0.25) is 9.78 Å². The van der Waals surface area contributed by atoms with Crippen molar-refractivity contribution in [3.63, 3.8) is 0 Å². The molecule has 0 bridgehead atoms. The molecular weight excluding hydrogens is 271 g/mol. The summed E-state index contributed by atoms with van der Waals surface area (Å²) in [7, 11) is 0. The van der Waals surface area contributed by atoms with Crippen molar-refractivity contribution in [3.8, 4) is 0 Å². The van der Waals surface area contributed by atoms with Crippen LogP contribution in [0.4, 0.5) is 4.39 Å². The molecule has 2 rings (SSSR count). The Morgan fingerprint density at radius 1 is 1.38 bits per heavy atom. The number of aliphatic hydroxyl groups is 1. The van der Waals surface area contributed by atoms with Crippen LogP contribution in [0.1, 0.15) is 35.3 Å². The lowest BCUT2D eigenvalue weighted by atomic mass is 9.97. The van der Waals surface area contributed by atoms with Gasteiger partial charge < -0.3 is 10.4 Å². The van der Waals surface area contributed by atoms with Gasteiger partial charge in [0.15, 0.2) is 0 Å². The number of carbonyl (C=O) groups excluding carboxylic acids is 1. The summed E-state index contributed by atoms with van der Waals surface area (Å²) < 4.78 is 14.0. The summed E-state index contributed by atoms with van der Waals surface area (Å²) in [5.74, 6) is -0.768. The standard InChI is InChI=1S/C16H17FN2O2/c1-16(2,21)13-6-5-11(14(17)8-13)10-19-15(20)12-4-3-7-18-9-12/h3-9,21H,10H2,1-2H3,(H,19,20). The number of hydrogen-bond donors (Lipinski definition) is 2. The van der Waals surface area contributed by atoms with Gasteiger partial charge in [-0.25, -0.2) is 4.39 Å². The van der Waals surface area contributed by atoms with Crippen LogP contribution in [0.25, 0.3) is 0 Å². The molecule has 0 radical (unpaired) electrons. The van der Waals surface area contributed by atoms with E-state index in [2.05, 4.69) is 10.3 Å². The lowest BCUT2D eigenvalue weighted by Gasteiger charge is -2.18. The molecule has 0 saturated carbocycles. The fraction of sp³-hybridized carbons (Fsp3) is 0.250. The lowest BCUT2D eigenvalue weighted by Crippen LogP contribution is -2.23. The van der Waals surface area contributed by atoms with Gasteiger partial charge in [0.2, 0.25) is 0 Å². The van der Waals surface area contributed by atoms with Crippen molar-refractivity contribution >= 4 is 5.91 Å². The van der Waals surface area contributed by atoms with Crippen LogP contribution in [0.15, 0.2) is 42.7 Å². The first-order valence-electron chi connectivity index (χ1n) is 6.57. The van der Waals surface area contributed by atoms with E-state index in [-0.39, 0.29) is 12.5 Å². The van der Waals surface area contributed by atoms with Crippen LogP contribution in [0, 0.1) is 5.82 Å². The highest BCUT2D eigenvalue weighted by molar-refractivity contribution is 5.93. The van der Waals surface area contributed by atoms with Crippen molar-refractivity contribution < 1.29 is 14.3 Å². The molecule has 0 spiro atoms. The molecule has 0 fully saturated rings. The van der Waals surface area contributed by atoms with E-state index in [4.69, 9.17) is 0 Å². The minimum absolute atomic E-state index is 0.0751. The van der Waals surface area contributed by atoms with Crippen molar-refractivity contribution in [2.24, 2.45) is 0 Å².